The van der Waals surface area contributed by atoms with E-state index in [1.54, 1.807) is 19.1 Å². The van der Waals surface area contributed by atoms with Gasteiger partial charge in [0.15, 0.2) is 0 Å². The highest BCUT2D eigenvalue weighted by atomic mass is 35.5. The Morgan fingerprint density at radius 2 is 2.07 bits per heavy atom. The van der Waals surface area contributed by atoms with Crippen LogP contribution in [-0.2, 0) is 12.3 Å². The highest BCUT2D eigenvalue weighted by Gasteiger charge is 2.30. The molecule has 0 heterocycles. The van der Waals surface area contributed by atoms with Crippen molar-refractivity contribution in [1.82, 2.24) is 0 Å². The van der Waals surface area contributed by atoms with E-state index in [-0.39, 0.29) is 16.6 Å². The maximum Gasteiger partial charge on any atom is 0.272 e. The van der Waals surface area contributed by atoms with Crippen molar-refractivity contribution in [1.29, 1.82) is 0 Å². The number of benzene rings is 1. The van der Waals surface area contributed by atoms with Crippen LogP contribution in [0.4, 0.5) is 8.78 Å². The van der Waals surface area contributed by atoms with Gasteiger partial charge >= 0.3 is 0 Å². The average molecular weight is 234 g/mol. The van der Waals surface area contributed by atoms with Gasteiger partial charge in [-0.2, -0.15) is 0 Å². The van der Waals surface area contributed by atoms with E-state index in [0.29, 0.717) is 12.0 Å². The molecule has 0 aromatic heterocycles. The summed E-state index contributed by atoms with van der Waals surface area (Å²) < 4.78 is 26.6. The maximum absolute atomic E-state index is 13.3. The van der Waals surface area contributed by atoms with Gasteiger partial charge in [0, 0.05) is 18.5 Å². The summed E-state index contributed by atoms with van der Waals surface area (Å²) in [4.78, 5) is 0. The van der Waals surface area contributed by atoms with Crippen molar-refractivity contribution in [3.8, 4) is 0 Å². The fraction of sp³-hybridized carbons (Fsp3) is 0.455. The summed E-state index contributed by atoms with van der Waals surface area (Å²) in [5, 5.41) is 0.0978. The molecule has 0 spiro atoms. The second kappa shape index (κ2) is 4.45. The third-order valence-corrected chi connectivity index (χ3v) is 2.40. The zero-order valence-corrected chi connectivity index (χ0v) is 9.48. The van der Waals surface area contributed by atoms with Crippen LogP contribution in [0.25, 0.3) is 0 Å². The number of nitrogens with two attached hydrogens (primary N) is 1. The van der Waals surface area contributed by atoms with E-state index in [2.05, 4.69) is 0 Å². The Hall–Kier alpha value is -0.670. The Bertz CT molecular complexity index is 345. The smallest absolute Gasteiger partial charge is 0.272 e. The summed E-state index contributed by atoms with van der Waals surface area (Å²) in [6.07, 6.45) is 0.402. The molecule has 2 N–H and O–H groups in total. The van der Waals surface area contributed by atoms with Crippen LogP contribution in [0.3, 0.4) is 0 Å². The number of hydrogen-bond donors (Lipinski definition) is 1. The first-order valence-corrected chi connectivity index (χ1v) is 5.11. The Balaban J connectivity index is 3.21. The lowest BCUT2D eigenvalue weighted by molar-refractivity contribution is 0.0166. The van der Waals surface area contributed by atoms with Gasteiger partial charge in [-0.05, 0) is 25.0 Å². The predicted molar refractivity (Wildman–Crippen MR) is 58.4 cm³/mol. The Morgan fingerprint density at radius 3 is 2.53 bits per heavy atom. The maximum atomic E-state index is 13.3. The minimum Gasteiger partial charge on any atom is -0.328 e. The summed E-state index contributed by atoms with van der Waals surface area (Å²) in [5.41, 5.74) is 6.01. The second-order valence-corrected chi connectivity index (χ2v) is 4.25. The van der Waals surface area contributed by atoms with Gasteiger partial charge in [-0.15, -0.1) is 0 Å². The molecule has 1 nitrogen and oxygen atoms in total. The number of rotatable bonds is 3. The van der Waals surface area contributed by atoms with Gasteiger partial charge in [0.05, 0.1) is 5.02 Å². The minimum absolute atomic E-state index is 0.0978. The molecule has 0 radical (unpaired) electrons. The molecule has 84 valence electrons. The summed E-state index contributed by atoms with van der Waals surface area (Å²) in [5.74, 6) is -2.93. The molecule has 1 aromatic carbocycles. The molecule has 0 saturated heterocycles. The van der Waals surface area contributed by atoms with E-state index < -0.39 is 5.92 Å². The minimum atomic E-state index is -2.93. The molecular formula is C11H14ClF2N. The van der Waals surface area contributed by atoms with Crippen molar-refractivity contribution in [2.45, 2.75) is 32.2 Å². The number of halogens is 3. The normalized spacial score (nSPS) is 14.0. The Morgan fingerprint density at radius 1 is 1.47 bits per heavy atom. The van der Waals surface area contributed by atoms with Crippen LogP contribution >= 0.6 is 11.6 Å². The molecule has 0 aliphatic rings. The van der Waals surface area contributed by atoms with E-state index in [0.717, 1.165) is 6.92 Å². The zero-order chi connectivity index (χ0) is 11.6. The predicted octanol–water partition coefficient (Wildman–Crippen LogP) is 3.34. The summed E-state index contributed by atoms with van der Waals surface area (Å²) in [6.45, 7) is 2.62. The van der Waals surface area contributed by atoms with Crippen LogP contribution in [0.1, 0.15) is 25.0 Å². The van der Waals surface area contributed by atoms with Crippen LogP contribution in [0.15, 0.2) is 18.2 Å². The SMILES string of the molecule is CC(N)Cc1cccc(Cl)c1C(C)(F)F. The van der Waals surface area contributed by atoms with Crippen LogP contribution in [0.2, 0.25) is 5.02 Å². The molecule has 0 amide bonds. The lowest BCUT2D eigenvalue weighted by Gasteiger charge is -2.18. The molecule has 0 aliphatic heterocycles. The van der Waals surface area contributed by atoms with Crippen molar-refractivity contribution in [3.05, 3.63) is 34.3 Å². The third-order valence-electron chi connectivity index (χ3n) is 2.08. The first kappa shape index (κ1) is 12.4. The molecule has 1 unspecified atom stereocenters. The first-order chi connectivity index (χ1) is 6.82. The highest BCUT2D eigenvalue weighted by Crippen LogP contribution is 2.35. The Labute approximate surface area is 93.2 Å². The van der Waals surface area contributed by atoms with Crippen molar-refractivity contribution >= 4 is 11.6 Å². The second-order valence-electron chi connectivity index (χ2n) is 3.84. The molecule has 1 atom stereocenters. The molecule has 0 aliphatic carbocycles. The molecule has 4 heteroatoms. The van der Waals surface area contributed by atoms with Gasteiger partial charge < -0.3 is 5.73 Å². The Kier molecular flexibility index (Phi) is 3.68. The zero-order valence-electron chi connectivity index (χ0n) is 8.73. The van der Waals surface area contributed by atoms with Crippen molar-refractivity contribution < 1.29 is 8.78 Å². The van der Waals surface area contributed by atoms with E-state index >= 15 is 0 Å². The number of alkyl halides is 2. The van der Waals surface area contributed by atoms with Crippen LogP contribution in [0.5, 0.6) is 0 Å². The van der Waals surface area contributed by atoms with Gasteiger partial charge in [0.25, 0.3) is 5.92 Å². The molecule has 1 aromatic rings. The van der Waals surface area contributed by atoms with E-state index in [1.807, 2.05) is 0 Å². The van der Waals surface area contributed by atoms with Crippen molar-refractivity contribution in [3.63, 3.8) is 0 Å². The van der Waals surface area contributed by atoms with E-state index in [4.69, 9.17) is 17.3 Å². The van der Waals surface area contributed by atoms with Gasteiger partial charge in [-0.1, -0.05) is 23.7 Å². The fourth-order valence-electron chi connectivity index (χ4n) is 1.58. The summed E-state index contributed by atoms with van der Waals surface area (Å²) >= 11 is 5.78. The third kappa shape index (κ3) is 3.14. The molecule has 0 bridgehead atoms. The standard InChI is InChI=1S/C11H14ClF2N/c1-7(15)6-8-4-3-5-9(12)10(8)11(2,13)14/h3-5,7H,6,15H2,1-2H3. The highest BCUT2D eigenvalue weighted by molar-refractivity contribution is 6.31. The topological polar surface area (TPSA) is 26.0 Å². The molecular weight excluding hydrogens is 220 g/mol. The average Bonchev–Trinajstić information content (AvgIpc) is 1.99. The number of hydrogen-bond acceptors (Lipinski definition) is 1. The quantitative estimate of drug-likeness (QED) is 0.852. The largest absolute Gasteiger partial charge is 0.328 e. The van der Waals surface area contributed by atoms with Gasteiger partial charge in [-0.25, -0.2) is 8.78 Å². The molecule has 1 rings (SSSR count). The van der Waals surface area contributed by atoms with Crippen LogP contribution in [-0.4, -0.2) is 6.04 Å². The van der Waals surface area contributed by atoms with E-state index in [9.17, 15) is 8.78 Å². The van der Waals surface area contributed by atoms with Crippen LogP contribution < -0.4 is 5.73 Å². The first-order valence-electron chi connectivity index (χ1n) is 4.73. The monoisotopic (exact) mass is 233 g/mol. The fourth-order valence-corrected chi connectivity index (χ4v) is 1.94. The van der Waals surface area contributed by atoms with Gasteiger partial charge in [-0.3, -0.25) is 0 Å². The molecule has 15 heavy (non-hydrogen) atoms. The summed E-state index contributed by atoms with van der Waals surface area (Å²) in [7, 11) is 0. The van der Waals surface area contributed by atoms with Gasteiger partial charge in [0.2, 0.25) is 0 Å². The lowest BCUT2D eigenvalue weighted by Crippen LogP contribution is -2.21. The van der Waals surface area contributed by atoms with Gasteiger partial charge in [0.1, 0.15) is 0 Å². The molecule has 0 saturated carbocycles. The summed E-state index contributed by atoms with van der Waals surface area (Å²) in [6, 6.07) is 4.61. The molecule has 0 fully saturated rings. The van der Waals surface area contributed by atoms with Crippen molar-refractivity contribution in [2.24, 2.45) is 5.73 Å². The lowest BCUT2D eigenvalue weighted by atomic mass is 9.97. The van der Waals surface area contributed by atoms with Crippen LogP contribution in [0, 0.1) is 0 Å². The van der Waals surface area contributed by atoms with E-state index in [1.165, 1.54) is 6.07 Å². The van der Waals surface area contributed by atoms with Crippen molar-refractivity contribution in [2.75, 3.05) is 0 Å².